The fourth-order valence-electron chi connectivity index (χ4n) is 9.15. The van der Waals surface area contributed by atoms with Crippen LogP contribution in [0.1, 0.15) is 194 Å². The molecular weight excluding hydrogens is 1050 g/mol. The number of allylic oxidation sites excluding steroid dienone is 22. The summed E-state index contributed by atoms with van der Waals surface area (Å²) in [6, 6.07) is 0. The van der Waals surface area contributed by atoms with Gasteiger partial charge in [-0.25, -0.2) is 0 Å². The number of ether oxygens (including phenoxy) is 6. The molecule has 0 aliphatic carbocycles. The summed E-state index contributed by atoms with van der Waals surface area (Å²) in [5, 5.41) is 72.5. The summed E-state index contributed by atoms with van der Waals surface area (Å²) in [6.45, 7) is 3.37. The fourth-order valence-corrected chi connectivity index (χ4v) is 9.15. The van der Waals surface area contributed by atoms with Crippen molar-refractivity contribution in [1.29, 1.82) is 0 Å². The smallest absolute Gasteiger partial charge is 0.306 e. The Bertz CT molecular complexity index is 1880. The third kappa shape index (κ3) is 39.5. The maximum atomic E-state index is 13.1. The summed E-state index contributed by atoms with van der Waals surface area (Å²) in [4.78, 5) is 13.1. The van der Waals surface area contributed by atoms with E-state index >= 15 is 0 Å². The molecule has 14 heteroatoms. The van der Waals surface area contributed by atoms with Crippen molar-refractivity contribution in [3.63, 3.8) is 0 Å². The Morgan fingerprint density at radius 3 is 1.17 bits per heavy atom. The van der Waals surface area contributed by atoms with E-state index in [1.807, 2.05) is 0 Å². The zero-order valence-corrected chi connectivity index (χ0v) is 50.9. The molecule has 472 valence electrons. The summed E-state index contributed by atoms with van der Waals surface area (Å²) in [5.41, 5.74) is 0. The van der Waals surface area contributed by atoms with E-state index in [1.165, 1.54) is 70.6 Å². The minimum absolute atomic E-state index is 0.0283. The molecule has 2 aliphatic heterocycles. The largest absolute Gasteiger partial charge is 0.457 e. The second-order valence-corrected chi connectivity index (χ2v) is 21.5. The van der Waals surface area contributed by atoms with Gasteiger partial charge in [0.25, 0.3) is 0 Å². The maximum Gasteiger partial charge on any atom is 0.306 e. The van der Waals surface area contributed by atoms with Crippen LogP contribution in [0.2, 0.25) is 0 Å². The van der Waals surface area contributed by atoms with Gasteiger partial charge in [0.05, 0.1) is 26.4 Å². The first-order chi connectivity index (χ1) is 40.6. The van der Waals surface area contributed by atoms with Crippen LogP contribution < -0.4 is 0 Å². The van der Waals surface area contributed by atoms with Gasteiger partial charge in [-0.3, -0.25) is 4.79 Å². The van der Waals surface area contributed by atoms with Gasteiger partial charge in [-0.05, 0) is 103 Å². The first-order valence-corrected chi connectivity index (χ1v) is 31.8. The van der Waals surface area contributed by atoms with E-state index < -0.39 is 86.7 Å². The van der Waals surface area contributed by atoms with Gasteiger partial charge in [0, 0.05) is 13.0 Å². The van der Waals surface area contributed by atoms with Crippen LogP contribution in [0, 0.1) is 0 Å². The van der Waals surface area contributed by atoms with Crippen molar-refractivity contribution in [2.75, 3.05) is 33.0 Å². The second kappa shape index (κ2) is 53.6. The molecule has 0 aromatic rings. The van der Waals surface area contributed by atoms with Gasteiger partial charge >= 0.3 is 5.97 Å². The average molecular weight is 1170 g/mol. The van der Waals surface area contributed by atoms with E-state index in [0.717, 1.165) is 89.9 Å². The molecule has 0 radical (unpaired) electrons. The Balaban J connectivity index is 1.71. The lowest BCUT2D eigenvalue weighted by atomic mass is 9.98. The Morgan fingerprint density at radius 1 is 0.398 bits per heavy atom. The molecule has 7 N–H and O–H groups in total. The predicted octanol–water partition coefficient (Wildman–Crippen LogP) is 12.6. The molecule has 2 rings (SSSR count). The third-order valence-corrected chi connectivity index (χ3v) is 14.2. The van der Waals surface area contributed by atoms with E-state index in [-0.39, 0.29) is 19.6 Å². The highest BCUT2D eigenvalue weighted by molar-refractivity contribution is 5.69. The molecule has 0 aromatic carbocycles. The lowest BCUT2D eigenvalue weighted by Crippen LogP contribution is -2.61. The van der Waals surface area contributed by atoms with Crippen LogP contribution in [0.25, 0.3) is 0 Å². The van der Waals surface area contributed by atoms with E-state index in [1.54, 1.807) is 0 Å². The molecule has 2 fully saturated rings. The molecule has 0 bridgehead atoms. The lowest BCUT2D eigenvalue weighted by molar-refractivity contribution is -0.332. The van der Waals surface area contributed by atoms with E-state index in [2.05, 4.69) is 148 Å². The van der Waals surface area contributed by atoms with Crippen LogP contribution >= 0.6 is 0 Å². The average Bonchev–Trinajstić information content (AvgIpc) is 3.49. The van der Waals surface area contributed by atoms with Crippen molar-refractivity contribution >= 4 is 5.97 Å². The Hall–Kier alpha value is -3.87. The summed E-state index contributed by atoms with van der Waals surface area (Å²) < 4.78 is 34.4. The zero-order valence-electron chi connectivity index (χ0n) is 50.9. The Morgan fingerprint density at radius 2 is 0.747 bits per heavy atom. The molecule has 0 saturated carbocycles. The molecule has 2 saturated heterocycles. The van der Waals surface area contributed by atoms with Crippen molar-refractivity contribution in [2.45, 2.75) is 261 Å². The molecule has 11 atom stereocenters. The highest BCUT2D eigenvalue weighted by Crippen LogP contribution is 2.26. The first-order valence-electron chi connectivity index (χ1n) is 31.8. The van der Waals surface area contributed by atoms with Crippen LogP contribution in [-0.4, -0.2) is 142 Å². The van der Waals surface area contributed by atoms with Crippen LogP contribution in [0.15, 0.2) is 134 Å². The highest BCUT2D eigenvalue weighted by atomic mass is 16.7. The van der Waals surface area contributed by atoms with Gasteiger partial charge in [0.15, 0.2) is 12.6 Å². The Labute approximate surface area is 500 Å². The van der Waals surface area contributed by atoms with Crippen LogP contribution in [0.3, 0.4) is 0 Å². The van der Waals surface area contributed by atoms with Crippen molar-refractivity contribution < 1.29 is 69.0 Å². The number of unbranched alkanes of at least 4 members (excludes halogenated alkanes) is 14. The zero-order chi connectivity index (χ0) is 60.1. The summed E-state index contributed by atoms with van der Waals surface area (Å²) in [5.74, 6) is -0.438. The molecule has 83 heavy (non-hydrogen) atoms. The number of carbonyl (C=O) groups is 1. The van der Waals surface area contributed by atoms with Gasteiger partial charge in [-0.15, -0.1) is 0 Å². The Kier molecular flexibility index (Phi) is 48.6. The number of aliphatic hydroxyl groups is 7. The number of hydrogen-bond donors (Lipinski definition) is 7. The van der Waals surface area contributed by atoms with Crippen LogP contribution in [0.5, 0.6) is 0 Å². The highest BCUT2D eigenvalue weighted by Gasteiger charge is 2.47. The molecule has 2 aliphatic rings. The molecule has 14 nitrogen and oxygen atoms in total. The number of hydrogen-bond acceptors (Lipinski definition) is 14. The maximum absolute atomic E-state index is 13.1. The van der Waals surface area contributed by atoms with Gasteiger partial charge in [-0.1, -0.05) is 218 Å². The number of carbonyl (C=O) groups excluding carboxylic acids is 1. The van der Waals surface area contributed by atoms with Gasteiger partial charge in [0.1, 0.15) is 54.9 Å². The monoisotopic (exact) mass is 1160 g/mol. The predicted molar refractivity (Wildman–Crippen MR) is 334 cm³/mol. The van der Waals surface area contributed by atoms with Gasteiger partial charge in [0.2, 0.25) is 0 Å². The lowest BCUT2D eigenvalue weighted by Gasteiger charge is -2.42. The number of esters is 1. The van der Waals surface area contributed by atoms with Crippen molar-refractivity contribution in [3.8, 4) is 0 Å². The van der Waals surface area contributed by atoms with Crippen molar-refractivity contribution in [3.05, 3.63) is 134 Å². The van der Waals surface area contributed by atoms with Crippen LogP contribution in [0.4, 0.5) is 0 Å². The minimum Gasteiger partial charge on any atom is -0.457 e. The molecular formula is C69H112O14. The summed E-state index contributed by atoms with van der Waals surface area (Å²) >= 11 is 0. The molecule has 0 amide bonds. The molecule has 2 heterocycles. The number of aliphatic hydroxyl groups excluding tert-OH is 7. The van der Waals surface area contributed by atoms with Gasteiger partial charge in [-0.2, -0.15) is 0 Å². The fraction of sp³-hybridized carbons (Fsp3) is 0.667. The first kappa shape index (κ1) is 75.2. The molecule has 11 unspecified atom stereocenters. The number of rotatable bonds is 50. The molecule has 0 aromatic heterocycles. The van der Waals surface area contributed by atoms with E-state index in [4.69, 9.17) is 28.4 Å². The van der Waals surface area contributed by atoms with Crippen molar-refractivity contribution in [2.24, 2.45) is 0 Å². The molecule has 0 spiro atoms. The standard InChI is InChI=1S/C69H112O14/c1-3-5-7-9-11-13-15-17-19-21-23-25-27-28-29-31-33-35-37-39-41-43-45-47-49-51-53-78-55-58(56-79-68-67(77)65(75)63(73)60(83-68)57-80-69-66(76)64(74)62(72)59(54-70)82-69)81-61(71)52-50-48-46-44-42-40-38-36-34-32-30-26-24-22-20-18-16-14-12-10-8-6-4-2/h5-8,11-14,17-20,23-26,32,34,38,40,44,46,58-60,62-70,72-77H,3-4,9-10,15-16,21-22,27-31,33,35-37,39,41-43,45,47-57H2,1-2H3/b7-5-,8-6-,13-11-,14-12-,19-17-,20-18-,25-23-,26-24-,34-32-,40-38-,46-44-. The van der Waals surface area contributed by atoms with Crippen molar-refractivity contribution in [1.82, 2.24) is 0 Å². The third-order valence-electron chi connectivity index (χ3n) is 14.2. The van der Waals surface area contributed by atoms with E-state index in [9.17, 15) is 40.5 Å². The van der Waals surface area contributed by atoms with E-state index in [0.29, 0.717) is 19.4 Å². The summed E-state index contributed by atoms with van der Waals surface area (Å²) in [7, 11) is 0. The topological polar surface area (TPSA) is 214 Å². The SMILES string of the molecule is CC/C=C\C/C=C\C/C=C\C/C=C\C/C=C\C/C=C\C/C=C\CCCC(=O)OC(COCCCCCCCCCCCCCCC/C=C\C/C=C\C/C=C\C/C=C\CC)COC1OC(COC2OC(CO)C(O)C(O)C2O)C(O)C(O)C1O. The van der Waals surface area contributed by atoms with Crippen LogP contribution in [-0.2, 0) is 33.2 Å². The minimum atomic E-state index is -1.73. The quantitative estimate of drug-likeness (QED) is 0.0172. The van der Waals surface area contributed by atoms with Gasteiger partial charge < -0.3 is 64.2 Å². The second-order valence-electron chi connectivity index (χ2n) is 21.5. The summed E-state index contributed by atoms with van der Waals surface area (Å²) in [6.07, 6.45) is 60.9. The normalized spacial score (nSPS) is 24.3.